The smallest absolute Gasteiger partial charge is 0.170 e. The lowest BCUT2D eigenvalue weighted by Crippen LogP contribution is -2.30. The average molecular weight is 249 g/mol. The fraction of sp³-hybridized carbons (Fsp3) is 0.500. The molecular formula is C14H23N3O. The molecule has 0 amide bonds. The molecule has 0 spiro atoms. The van der Waals surface area contributed by atoms with Gasteiger partial charge in [-0.05, 0) is 44.5 Å². The molecule has 0 aliphatic rings. The number of aryl methyl sites for hydroxylation is 1. The maximum absolute atomic E-state index is 8.66. The van der Waals surface area contributed by atoms with Crippen molar-refractivity contribution in [1.29, 1.82) is 0 Å². The summed E-state index contributed by atoms with van der Waals surface area (Å²) in [5.41, 5.74) is 8.78. The number of rotatable bonds is 5. The van der Waals surface area contributed by atoms with Gasteiger partial charge in [0.15, 0.2) is 5.84 Å². The molecule has 0 heterocycles. The SMILES string of the molecule is CCN(Cc1ccc(/C(N)=N/O)cc1C)C(C)C. The van der Waals surface area contributed by atoms with Crippen LogP contribution in [0.5, 0.6) is 0 Å². The number of oxime groups is 1. The topological polar surface area (TPSA) is 61.8 Å². The zero-order valence-electron chi connectivity index (χ0n) is 11.6. The number of nitrogens with zero attached hydrogens (tertiary/aromatic N) is 2. The lowest BCUT2D eigenvalue weighted by molar-refractivity contribution is 0.224. The minimum Gasteiger partial charge on any atom is -0.409 e. The van der Waals surface area contributed by atoms with Crippen LogP contribution in [0.2, 0.25) is 0 Å². The van der Waals surface area contributed by atoms with Gasteiger partial charge < -0.3 is 10.9 Å². The maximum atomic E-state index is 8.66. The highest BCUT2D eigenvalue weighted by molar-refractivity contribution is 5.97. The Morgan fingerprint density at radius 3 is 2.56 bits per heavy atom. The Bertz CT molecular complexity index is 427. The summed E-state index contributed by atoms with van der Waals surface area (Å²) < 4.78 is 0. The molecule has 0 bridgehead atoms. The van der Waals surface area contributed by atoms with E-state index in [0.717, 1.165) is 18.7 Å². The van der Waals surface area contributed by atoms with Gasteiger partial charge in [-0.15, -0.1) is 0 Å². The fourth-order valence-corrected chi connectivity index (χ4v) is 1.97. The van der Waals surface area contributed by atoms with Crippen LogP contribution in [-0.2, 0) is 6.54 Å². The van der Waals surface area contributed by atoms with E-state index < -0.39 is 0 Å². The number of hydrogen-bond acceptors (Lipinski definition) is 3. The first kappa shape index (κ1) is 14.5. The largest absolute Gasteiger partial charge is 0.409 e. The molecule has 4 heteroatoms. The third-order valence-electron chi connectivity index (χ3n) is 3.26. The van der Waals surface area contributed by atoms with Crippen LogP contribution in [0.3, 0.4) is 0 Å². The highest BCUT2D eigenvalue weighted by atomic mass is 16.4. The second-order valence-electron chi connectivity index (χ2n) is 4.78. The molecule has 0 radical (unpaired) electrons. The van der Waals surface area contributed by atoms with Crippen molar-refractivity contribution in [3.05, 3.63) is 34.9 Å². The van der Waals surface area contributed by atoms with Crippen molar-refractivity contribution in [2.24, 2.45) is 10.9 Å². The van der Waals surface area contributed by atoms with Crippen molar-refractivity contribution in [3.63, 3.8) is 0 Å². The first-order valence-corrected chi connectivity index (χ1v) is 6.31. The Hall–Kier alpha value is -1.55. The molecule has 0 aromatic heterocycles. The summed E-state index contributed by atoms with van der Waals surface area (Å²) in [6.07, 6.45) is 0. The van der Waals surface area contributed by atoms with E-state index in [4.69, 9.17) is 10.9 Å². The van der Waals surface area contributed by atoms with Gasteiger partial charge >= 0.3 is 0 Å². The first-order chi connectivity index (χ1) is 8.49. The summed E-state index contributed by atoms with van der Waals surface area (Å²) in [5, 5.41) is 11.7. The molecule has 0 saturated heterocycles. The predicted molar refractivity (Wildman–Crippen MR) is 74.9 cm³/mol. The minimum atomic E-state index is 0.154. The van der Waals surface area contributed by atoms with Crippen molar-refractivity contribution >= 4 is 5.84 Å². The summed E-state index contributed by atoms with van der Waals surface area (Å²) in [6, 6.07) is 6.43. The van der Waals surface area contributed by atoms with Gasteiger partial charge in [0.1, 0.15) is 0 Å². The normalized spacial score (nSPS) is 12.4. The van der Waals surface area contributed by atoms with Crippen molar-refractivity contribution in [2.75, 3.05) is 6.54 Å². The average Bonchev–Trinajstić information content (AvgIpc) is 2.35. The van der Waals surface area contributed by atoms with Gasteiger partial charge in [-0.1, -0.05) is 24.2 Å². The van der Waals surface area contributed by atoms with Crippen molar-refractivity contribution < 1.29 is 5.21 Å². The summed E-state index contributed by atoms with van der Waals surface area (Å²) in [7, 11) is 0. The van der Waals surface area contributed by atoms with E-state index in [2.05, 4.69) is 37.8 Å². The van der Waals surface area contributed by atoms with Crippen LogP contribution >= 0.6 is 0 Å². The van der Waals surface area contributed by atoms with Crippen LogP contribution in [-0.4, -0.2) is 28.5 Å². The zero-order chi connectivity index (χ0) is 13.7. The third kappa shape index (κ3) is 3.47. The van der Waals surface area contributed by atoms with Crippen LogP contribution in [0.4, 0.5) is 0 Å². The van der Waals surface area contributed by atoms with E-state index in [1.165, 1.54) is 11.1 Å². The highest BCUT2D eigenvalue weighted by Crippen LogP contribution is 2.15. The van der Waals surface area contributed by atoms with Gasteiger partial charge in [-0.25, -0.2) is 0 Å². The first-order valence-electron chi connectivity index (χ1n) is 6.31. The number of hydrogen-bond donors (Lipinski definition) is 2. The molecule has 0 aliphatic heterocycles. The van der Waals surface area contributed by atoms with E-state index in [9.17, 15) is 0 Å². The number of nitrogens with two attached hydrogens (primary N) is 1. The van der Waals surface area contributed by atoms with E-state index in [1.807, 2.05) is 18.2 Å². The van der Waals surface area contributed by atoms with E-state index in [-0.39, 0.29) is 5.84 Å². The molecule has 4 nitrogen and oxygen atoms in total. The summed E-state index contributed by atoms with van der Waals surface area (Å²) in [6.45, 7) is 10.6. The van der Waals surface area contributed by atoms with Gasteiger partial charge in [0.25, 0.3) is 0 Å². The monoisotopic (exact) mass is 249 g/mol. The number of benzene rings is 1. The molecule has 0 atom stereocenters. The molecule has 0 aliphatic carbocycles. The Morgan fingerprint density at radius 1 is 1.44 bits per heavy atom. The standard InChI is InChI=1S/C14H23N3O/c1-5-17(10(2)3)9-13-7-6-12(8-11(13)4)14(15)16-18/h6-8,10,18H,5,9H2,1-4H3,(H2,15,16). The minimum absolute atomic E-state index is 0.154. The Morgan fingerprint density at radius 2 is 2.11 bits per heavy atom. The molecule has 1 rings (SSSR count). The second kappa shape index (κ2) is 6.40. The summed E-state index contributed by atoms with van der Waals surface area (Å²) >= 11 is 0. The quantitative estimate of drug-likeness (QED) is 0.364. The van der Waals surface area contributed by atoms with Crippen LogP contribution in [0.25, 0.3) is 0 Å². The van der Waals surface area contributed by atoms with Gasteiger partial charge in [0, 0.05) is 18.2 Å². The van der Waals surface area contributed by atoms with Gasteiger partial charge in [-0.3, -0.25) is 4.90 Å². The van der Waals surface area contributed by atoms with Gasteiger partial charge in [0.05, 0.1) is 0 Å². The van der Waals surface area contributed by atoms with Crippen LogP contribution in [0.15, 0.2) is 23.4 Å². The molecule has 0 unspecified atom stereocenters. The van der Waals surface area contributed by atoms with Crippen LogP contribution in [0.1, 0.15) is 37.5 Å². The Balaban J connectivity index is 2.92. The molecule has 0 fully saturated rings. The maximum Gasteiger partial charge on any atom is 0.170 e. The lowest BCUT2D eigenvalue weighted by Gasteiger charge is -2.25. The zero-order valence-corrected chi connectivity index (χ0v) is 11.6. The predicted octanol–water partition coefficient (Wildman–Crippen LogP) is 2.32. The van der Waals surface area contributed by atoms with E-state index >= 15 is 0 Å². The van der Waals surface area contributed by atoms with Crippen LogP contribution < -0.4 is 5.73 Å². The summed E-state index contributed by atoms with van der Waals surface area (Å²) in [5.74, 6) is 0.154. The van der Waals surface area contributed by atoms with Crippen LogP contribution in [0, 0.1) is 6.92 Å². The fourth-order valence-electron chi connectivity index (χ4n) is 1.97. The molecular weight excluding hydrogens is 226 g/mol. The second-order valence-corrected chi connectivity index (χ2v) is 4.78. The number of amidine groups is 1. The molecule has 3 N–H and O–H groups in total. The van der Waals surface area contributed by atoms with Crippen molar-refractivity contribution in [1.82, 2.24) is 4.90 Å². The molecule has 0 saturated carbocycles. The van der Waals surface area contributed by atoms with E-state index in [1.54, 1.807) is 0 Å². The van der Waals surface area contributed by atoms with Gasteiger partial charge in [0.2, 0.25) is 0 Å². The van der Waals surface area contributed by atoms with Crippen molar-refractivity contribution in [2.45, 2.75) is 40.3 Å². The molecule has 1 aromatic rings. The van der Waals surface area contributed by atoms with Crippen molar-refractivity contribution in [3.8, 4) is 0 Å². The summed E-state index contributed by atoms with van der Waals surface area (Å²) in [4.78, 5) is 2.39. The Kier molecular flexibility index (Phi) is 5.16. The lowest BCUT2D eigenvalue weighted by atomic mass is 10.0. The molecule has 100 valence electrons. The Labute approximate surface area is 109 Å². The van der Waals surface area contributed by atoms with E-state index in [0.29, 0.717) is 6.04 Å². The highest BCUT2D eigenvalue weighted by Gasteiger charge is 2.10. The molecule has 1 aromatic carbocycles. The third-order valence-corrected chi connectivity index (χ3v) is 3.26. The van der Waals surface area contributed by atoms with Gasteiger partial charge in [-0.2, -0.15) is 0 Å². The molecule has 18 heavy (non-hydrogen) atoms.